The van der Waals surface area contributed by atoms with Crippen LogP contribution in [0.15, 0.2) is 42.7 Å². The number of aromatic nitrogens is 1. The van der Waals surface area contributed by atoms with E-state index in [-0.39, 0.29) is 6.04 Å². The summed E-state index contributed by atoms with van der Waals surface area (Å²) in [4.78, 5) is 11.5. The Hall–Kier alpha value is -2.29. The summed E-state index contributed by atoms with van der Waals surface area (Å²) in [6, 6.07) is 10.7. The summed E-state index contributed by atoms with van der Waals surface area (Å²) in [5.41, 5.74) is 4.67. The van der Waals surface area contributed by atoms with Crippen LogP contribution >= 0.6 is 0 Å². The number of aldehydes is 1. The molecule has 1 N–H and O–H groups in total. The normalized spacial score (nSPS) is 20.6. The van der Waals surface area contributed by atoms with Gasteiger partial charge in [-0.3, -0.25) is 0 Å². The lowest BCUT2D eigenvalue weighted by molar-refractivity contribution is -0.109. The van der Waals surface area contributed by atoms with Gasteiger partial charge in [-0.05, 0) is 30.7 Å². The minimum Gasteiger partial charge on any atom is -0.378 e. The molecule has 0 saturated heterocycles. The molecule has 1 unspecified atom stereocenters. The van der Waals surface area contributed by atoms with Gasteiger partial charge < -0.3 is 14.7 Å². The van der Waals surface area contributed by atoms with E-state index in [2.05, 4.69) is 46.4 Å². The molecule has 0 bridgehead atoms. The van der Waals surface area contributed by atoms with Crippen molar-refractivity contribution in [3.63, 3.8) is 0 Å². The Balaban J connectivity index is 1.91. The van der Waals surface area contributed by atoms with Gasteiger partial charge >= 0.3 is 0 Å². The number of benzene rings is 1. The fraction of sp³-hybridized carbons (Fsp3) is 0.316. The number of rotatable bonds is 3. The van der Waals surface area contributed by atoms with Crippen LogP contribution in [-0.2, 0) is 4.79 Å². The van der Waals surface area contributed by atoms with Crippen LogP contribution in [0, 0.1) is 0 Å². The fourth-order valence-electron chi connectivity index (χ4n) is 3.81. The molecule has 1 aromatic heterocycles. The zero-order chi connectivity index (χ0) is 14.9. The van der Waals surface area contributed by atoms with E-state index >= 15 is 0 Å². The molecule has 0 amide bonds. The van der Waals surface area contributed by atoms with Gasteiger partial charge in [0.15, 0.2) is 0 Å². The molecule has 0 radical (unpaired) electrons. The van der Waals surface area contributed by atoms with Gasteiger partial charge in [0.2, 0.25) is 0 Å². The molecule has 112 valence electrons. The van der Waals surface area contributed by atoms with E-state index < -0.39 is 0 Å². The average molecular weight is 292 g/mol. The molecular weight excluding hydrogens is 272 g/mol. The number of fused-ring (bicyclic) bond motifs is 1. The molecule has 3 nitrogen and oxygen atoms in total. The molecule has 1 aliphatic carbocycles. The third-order valence-electron chi connectivity index (χ3n) is 4.88. The van der Waals surface area contributed by atoms with E-state index in [0.29, 0.717) is 6.04 Å². The van der Waals surface area contributed by atoms with Crippen LogP contribution in [0.2, 0.25) is 0 Å². The van der Waals surface area contributed by atoms with E-state index in [4.69, 9.17) is 0 Å². The second-order valence-corrected chi connectivity index (χ2v) is 6.17. The topological polar surface area (TPSA) is 34.0 Å². The molecule has 1 saturated carbocycles. The fourth-order valence-corrected chi connectivity index (χ4v) is 3.81. The average Bonchev–Trinajstić information content (AvgIpc) is 3.22. The lowest BCUT2D eigenvalue weighted by Crippen LogP contribution is -2.21. The maximum absolute atomic E-state index is 11.5. The number of hydrogen-bond donors (Lipinski definition) is 1. The lowest BCUT2D eigenvalue weighted by Gasteiger charge is -2.21. The highest BCUT2D eigenvalue weighted by molar-refractivity contribution is 5.80. The second kappa shape index (κ2) is 5.48. The summed E-state index contributed by atoms with van der Waals surface area (Å²) >= 11 is 0. The number of hydrogen-bond acceptors (Lipinski definition) is 2. The van der Waals surface area contributed by atoms with Crippen molar-refractivity contribution >= 4 is 12.4 Å². The van der Waals surface area contributed by atoms with Gasteiger partial charge in [-0.2, -0.15) is 0 Å². The van der Waals surface area contributed by atoms with Crippen LogP contribution < -0.4 is 5.32 Å². The Labute approximate surface area is 130 Å². The molecule has 1 aromatic carbocycles. The summed E-state index contributed by atoms with van der Waals surface area (Å²) in [6.07, 6.45) is 12.4. The predicted octanol–water partition coefficient (Wildman–Crippen LogP) is 4.08. The first-order chi connectivity index (χ1) is 10.9. The summed E-state index contributed by atoms with van der Waals surface area (Å²) in [5, 5.41) is 3.18. The molecule has 4 rings (SSSR count). The van der Waals surface area contributed by atoms with Crippen molar-refractivity contribution in [2.45, 2.75) is 37.8 Å². The first-order valence-electron chi connectivity index (χ1n) is 8.06. The Kier molecular flexibility index (Phi) is 3.34. The Morgan fingerprint density at radius 1 is 1.14 bits per heavy atom. The third-order valence-corrected chi connectivity index (χ3v) is 4.88. The quantitative estimate of drug-likeness (QED) is 0.865. The highest BCUT2D eigenvalue weighted by Crippen LogP contribution is 2.40. The molecule has 1 aliphatic heterocycles. The number of nitrogens with zero attached hydrogens (tertiary/aromatic N) is 1. The largest absolute Gasteiger partial charge is 0.378 e. The van der Waals surface area contributed by atoms with Crippen molar-refractivity contribution < 1.29 is 4.79 Å². The Morgan fingerprint density at radius 3 is 2.64 bits per heavy atom. The minimum absolute atomic E-state index is 0.252. The second-order valence-electron chi connectivity index (χ2n) is 6.17. The monoisotopic (exact) mass is 292 g/mol. The van der Waals surface area contributed by atoms with Crippen molar-refractivity contribution in [3.05, 3.63) is 54.0 Å². The lowest BCUT2D eigenvalue weighted by atomic mass is 9.96. The van der Waals surface area contributed by atoms with Crippen LogP contribution in [0.5, 0.6) is 0 Å². The minimum atomic E-state index is -0.252. The first kappa shape index (κ1) is 13.4. The Bertz CT molecular complexity index is 709. The van der Waals surface area contributed by atoms with Gasteiger partial charge in [0.1, 0.15) is 12.3 Å². The number of nitrogens with one attached hydrogen (secondary N) is 1. The molecule has 2 heterocycles. The van der Waals surface area contributed by atoms with E-state index in [1.807, 2.05) is 12.3 Å². The van der Waals surface area contributed by atoms with Gasteiger partial charge in [-0.1, -0.05) is 43.2 Å². The molecular formula is C19H20N2O. The van der Waals surface area contributed by atoms with Gasteiger partial charge in [-0.25, -0.2) is 0 Å². The Morgan fingerprint density at radius 2 is 1.91 bits per heavy atom. The van der Waals surface area contributed by atoms with Crippen molar-refractivity contribution in [1.82, 2.24) is 9.88 Å². The molecule has 3 heteroatoms. The third kappa shape index (κ3) is 2.08. The van der Waals surface area contributed by atoms with Crippen molar-refractivity contribution in [3.8, 4) is 11.1 Å². The highest BCUT2D eigenvalue weighted by atomic mass is 16.1. The van der Waals surface area contributed by atoms with Crippen LogP contribution in [0.4, 0.5) is 0 Å². The summed E-state index contributed by atoms with van der Waals surface area (Å²) in [5.74, 6) is 0. The van der Waals surface area contributed by atoms with Crippen LogP contribution in [0.1, 0.15) is 49.0 Å². The van der Waals surface area contributed by atoms with Gasteiger partial charge in [0.05, 0.1) is 0 Å². The maximum Gasteiger partial charge on any atom is 0.146 e. The van der Waals surface area contributed by atoms with Crippen molar-refractivity contribution in [2.75, 3.05) is 0 Å². The van der Waals surface area contributed by atoms with Gasteiger partial charge in [0.25, 0.3) is 0 Å². The standard InChI is InChI=1S/C19H20N2O/c22-13-17-19-16(14-6-2-1-3-7-14)12-21(15-8-4-5-9-15)18(19)10-11-20-17/h1-3,6-7,10-13,15,17,20H,4-5,8-9H2. The highest BCUT2D eigenvalue weighted by Gasteiger charge is 2.28. The molecule has 1 atom stereocenters. The SMILES string of the molecule is O=CC1NC=Cc2c1c(-c1ccccc1)cn2C1CCCC1. The molecule has 0 spiro atoms. The van der Waals surface area contributed by atoms with Gasteiger partial charge in [0, 0.05) is 29.1 Å². The van der Waals surface area contributed by atoms with E-state index in [1.54, 1.807) is 0 Å². The van der Waals surface area contributed by atoms with E-state index in [9.17, 15) is 4.79 Å². The maximum atomic E-state index is 11.5. The molecule has 22 heavy (non-hydrogen) atoms. The molecule has 2 aliphatic rings. The number of carbonyl (C=O) groups is 1. The zero-order valence-corrected chi connectivity index (χ0v) is 12.5. The van der Waals surface area contributed by atoms with Crippen LogP contribution in [-0.4, -0.2) is 10.9 Å². The summed E-state index contributed by atoms with van der Waals surface area (Å²) in [7, 11) is 0. The first-order valence-corrected chi connectivity index (χ1v) is 8.06. The zero-order valence-electron chi connectivity index (χ0n) is 12.5. The van der Waals surface area contributed by atoms with Crippen molar-refractivity contribution in [1.29, 1.82) is 0 Å². The predicted molar refractivity (Wildman–Crippen MR) is 88.3 cm³/mol. The van der Waals surface area contributed by atoms with Gasteiger partial charge in [-0.15, -0.1) is 0 Å². The molecule has 2 aromatic rings. The molecule has 1 fully saturated rings. The smallest absolute Gasteiger partial charge is 0.146 e. The number of carbonyl (C=O) groups excluding carboxylic acids is 1. The summed E-state index contributed by atoms with van der Waals surface area (Å²) < 4.78 is 2.40. The van der Waals surface area contributed by atoms with Crippen LogP contribution in [0.3, 0.4) is 0 Å². The van der Waals surface area contributed by atoms with Crippen LogP contribution in [0.25, 0.3) is 17.2 Å². The van der Waals surface area contributed by atoms with E-state index in [0.717, 1.165) is 11.8 Å². The van der Waals surface area contributed by atoms with E-state index in [1.165, 1.54) is 42.5 Å². The van der Waals surface area contributed by atoms with Crippen molar-refractivity contribution in [2.24, 2.45) is 0 Å². The summed E-state index contributed by atoms with van der Waals surface area (Å²) in [6.45, 7) is 0.